The third-order valence-corrected chi connectivity index (χ3v) is 8.22. The first kappa shape index (κ1) is 22.3. The highest BCUT2D eigenvalue weighted by molar-refractivity contribution is 6.19. The van der Waals surface area contributed by atoms with E-state index < -0.39 is 0 Å². The van der Waals surface area contributed by atoms with Gasteiger partial charge in [-0.2, -0.15) is 0 Å². The largest absolute Gasteiger partial charge is 0.456 e. The van der Waals surface area contributed by atoms with Crippen LogP contribution in [0, 0.1) is 0 Å². The summed E-state index contributed by atoms with van der Waals surface area (Å²) >= 11 is 0. The third kappa shape index (κ3) is 3.26. The zero-order chi connectivity index (χ0) is 26.9. The van der Waals surface area contributed by atoms with Gasteiger partial charge < -0.3 is 13.7 Å². The Morgan fingerprint density at radius 2 is 1.05 bits per heavy atom. The predicted molar refractivity (Wildman–Crippen MR) is 171 cm³/mol. The van der Waals surface area contributed by atoms with Gasteiger partial charge in [0, 0.05) is 27.2 Å². The fraction of sp³-hybridized carbons (Fsp3) is 0. The second kappa shape index (κ2) is 8.48. The van der Waals surface area contributed by atoms with Gasteiger partial charge >= 0.3 is 0 Å². The summed E-state index contributed by atoms with van der Waals surface area (Å²) in [7, 11) is 0. The van der Waals surface area contributed by atoms with Crippen molar-refractivity contribution in [3.05, 3.63) is 140 Å². The number of para-hydroxylation sites is 2. The summed E-state index contributed by atoms with van der Waals surface area (Å²) in [6.07, 6.45) is 0. The van der Waals surface area contributed by atoms with Crippen molar-refractivity contribution in [1.29, 1.82) is 0 Å². The van der Waals surface area contributed by atoms with Crippen LogP contribution in [0.15, 0.2) is 148 Å². The molecule has 41 heavy (non-hydrogen) atoms. The van der Waals surface area contributed by atoms with Gasteiger partial charge in [0.25, 0.3) is 0 Å². The van der Waals surface area contributed by atoms with E-state index in [1.807, 2.05) is 18.2 Å². The monoisotopic (exact) mass is 525 g/mol. The van der Waals surface area contributed by atoms with Crippen molar-refractivity contribution in [2.75, 3.05) is 4.90 Å². The maximum atomic E-state index is 6.82. The number of rotatable bonds is 3. The Kier molecular flexibility index (Phi) is 4.61. The van der Waals surface area contributed by atoms with E-state index in [-0.39, 0.29) is 0 Å². The lowest BCUT2D eigenvalue weighted by molar-refractivity contribution is 0.668. The lowest BCUT2D eigenvalue weighted by Gasteiger charge is -2.26. The first-order valence-corrected chi connectivity index (χ1v) is 13.9. The van der Waals surface area contributed by atoms with Crippen molar-refractivity contribution in [1.82, 2.24) is 0 Å². The molecule has 0 amide bonds. The molecule has 9 rings (SSSR count). The zero-order valence-corrected chi connectivity index (χ0v) is 22.0. The van der Waals surface area contributed by atoms with Crippen molar-refractivity contribution in [2.45, 2.75) is 0 Å². The van der Waals surface area contributed by atoms with Crippen LogP contribution in [0.2, 0.25) is 0 Å². The molecule has 0 bridgehead atoms. The SMILES string of the molecule is c1ccc2cc(N(c3cccc4c3oc3c5ccccc5ccc43)c3cccc4oc5ccccc5c34)ccc2c1. The first-order valence-electron chi connectivity index (χ1n) is 13.9. The number of hydrogen-bond donors (Lipinski definition) is 0. The van der Waals surface area contributed by atoms with E-state index in [4.69, 9.17) is 8.83 Å². The fourth-order valence-corrected chi connectivity index (χ4v) is 6.35. The smallest absolute Gasteiger partial charge is 0.159 e. The summed E-state index contributed by atoms with van der Waals surface area (Å²) in [6.45, 7) is 0. The van der Waals surface area contributed by atoms with Gasteiger partial charge in [-0.3, -0.25) is 0 Å². The molecule has 0 aliphatic rings. The lowest BCUT2D eigenvalue weighted by Crippen LogP contribution is -2.10. The summed E-state index contributed by atoms with van der Waals surface area (Å²) in [6, 6.07) is 48.9. The zero-order valence-electron chi connectivity index (χ0n) is 22.0. The van der Waals surface area contributed by atoms with Gasteiger partial charge in [-0.25, -0.2) is 0 Å². The van der Waals surface area contributed by atoms with Crippen LogP contribution in [0.4, 0.5) is 17.1 Å². The van der Waals surface area contributed by atoms with Crippen LogP contribution in [-0.2, 0) is 0 Å². The summed E-state index contributed by atoms with van der Waals surface area (Å²) < 4.78 is 13.1. The molecular weight excluding hydrogens is 502 g/mol. The Labute approximate surface area is 235 Å². The molecule has 192 valence electrons. The molecule has 0 fully saturated rings. The normalized spacial score (nSPS) is 11.9. The van der Waals surface area contributed by atoms with Crippen molar-refractivity contribution in [3.63, 3.8) is 0 Å². The number of benzene rings is 7. The molecular formula is C38H23NO2. The van der Waals surface area contributed by atoms with E-state index >= 15 is 0 Å². The average molecular weight is 526 g/mol. The van der Waals surface area contributed by atoms with E-state index in [0.29, 0.717) is 0 Å². The first-order chi connectivity index (χ1) is 20.3. The Morgan fingerprint density at radius 1 is 0.390 bits per heavy atom. The summed E-state index contributed by atoms with van der Waals surface area (Å²) in [4.78, 5) is 2.32. The minimum absolute atomic E-state index is 0.858. The third-order valence-electron chi connectivity index (χ3n) is 8.22. The molecule has 2 heterocycles. The number of hydrogen-bond acceptors (Lipinski definition) is 3. The van der Waals surface area contributed by atoms with Crippen LogP contribution in [-0.4, -0.2) is 0 Å². The molecule has 0 spiro atoms. The molecule has 0 aliphatic heterocycles. The van der Waals surface area contributed by atoms with Gasteiger partial charge in [-0.1, -0.05) is 97.1 Å². The molecule has 0 saturated carbocycles. The van der Waals surface area contributed by atoms with Crippen molar-refractivity contribution in [3.8, 4) is 0 Å². The van der Waals surface area contributed by atoms with Crippen LogP contribution in [0.3, 0.4) is 0 Å². The van der Waals surface area contributed by atoms with Crippen molar-refractivity contribution in [2.24, 2.45) is 0 Å². The highest BCUT2D eigenvalue weighted by Crippen LogP contribution is 2.47. The minimum Gasteiger partial charge on any atom is -0.456 e. The summed E-state index contributed by atoms with van der Waals surface area (Å²) in [5, 5.41) is 9.05. The summed E-state index contributed by atoms with van der Waals surface area (Å²) in [5.74, 6) is 0. The number of fused-ring (bicyclic) bond motifs is 9. The van der Waals surface area contributed by atoms with Crippen LogP contribution in [0.25, 0.3) is 65.4 Å². The molecule has 0 atom stereocenters. The molecule has 0 unspecified atom stereocenters. The maximum absolute atomic E-state index is 6.82. The topological polar surface area (TPSA) is 29.5 Å². The molecule has 0 N–H and O–H groups in total. The van der Waals surface area contributed by atoms with E-state index in [1.165, 1.54) is 16.2 Å². The molecule has 2 aromatic heterocycles. The minimum atomic E-state index is 0.858. The number of nitrogens with zero attached hydrogens (tertiary/aromatic N) is 1. The van der Waals surface area contributed by atoms with E-state index in [1.54, 1.807) is 0 Å². The maximum Gasteiger partial charge on any atom is 0.159 e. The molecule has 0 radical (unpaired) electrons. The predicted octanol–water partition coefficient (Wildman–Crippen LogP) is 11.3. The average Bonchev–Trinajstić information content (AvgIpc) is 3.61. The van der Waals surface area contributed by atoms with E-state index in [2.05, 4.69) is 126 Å². The van der Waals surface area contributed by atoms with Crippen molar-refractivity contribution >= 4 is 82.5 Å². The lowest BCUT2D eigenvalue weighted by atomic mass is 10.0. The molecule has 7 aromatic carbocycles. The molecule has 3 heteroatoms. The van der Waals surface area contributed by atoms with Crippen LogP contribution >= 0.6 is 0 Å². The number of anilines is 3. The van der Waals surface area contributed by atoms with Crippen LogP contribution in [0.1, 0.15) is 0 Å². The fourth-order valence-electron chi connectivity index (χ4n) is 6.35. The second-order valence-electron chi connectivity index (χ2n) is 10.5. The van der Waals surface area contributed by atoms with Crippen LogP contribution < -0.4 is 4.90 Å². The van der Waals surface area contributed by atoms with E-state index in [0.717, 1.165) is 66.3 Å². The Balaban J connectivity index is 1.41. The molecule has 9 aromatic rings. The van der Waals surface area contributed by atoms with Gasteiger partial charge in [-0.15, -0.1) is 0 Å². The molecule has 3 nitrogen and oxygen atoms in total. The van der Waals surface area contributed by atoms with Gasteiger partial charge in [-0.05, 0) is 58.6 Å². The van der Waals surface area contributed by atoms with Crippen LogP contribution in [0.5, 0.6) is 0 Å². The standard InChI is InChI=1S/C38H23NO2/c1-2-11-26-23-27(21-19-24(26)9-1)39(32-15-8-18-35-36(32)31-13-5-6-17-34(31)40-35)33-16-7-14-29-30-22-20-25-10-3-4-12-28(25)37(30)41-38(29)33/h1-23H. The Morgan fingerprint density at radius 3 is 1.98 bits per heavy atom. The highest BCUT2D eigenvalue weighted by Gasteiger charge is 2.23. The van der Waals surface area contributed by atoms with Gasteiger partial charge in [0.2, 0.25) is 0 Å². The van der Waals surface area contributed by atoms with E-state index in [9.17, 15) is 0 Å². The Hall–Kier alpha value is -5.54. The molecule has 0 saturated heterocycles. The summed E-state index contributed by atoms with van der Waals surface area (Å²) in [5.41, 5.74) is 6.59. The molecule has 0 aliphatic carbocycles. The highest BCUT2D eigenvalue weighted by atomic mass is 16.3. The second-order valence-corrected chi connectivity index (χ2v) is 10.5. The van der Waals surface area contributed by atoms with Gasteiger partial charge in [0.15, 0.2) is 5.58 Å². The quantitative estimate of drug-likeness (QED) is 0.230. The number of furan rings is 2. The van der Waals surface area contributed by atoms with Crippen molar-refractivity contribution < 1.29 is 8.83 Å². The van der Waals surface area contributed by atoms with Gasteiger partial charge in [0.1, 0.15) is 16.7 Å². The Bertz CT molecular complexity index is 2450. The van der Waals surface area contributed by atoms with Gasteiger partial charge in [0.05, 0.1) is 16.8 Å².